The third-order valence-corrected chi connectivity index (χ3v) is 7.47. The van der Waals surface area contributed by atoms with E-state index >= 15 is 0 Å². The molecular weight excluding hydrogens is 469 g/mol. The Balaban J connectivity index is 1.64. The summed E-state index contributed by atoms with van der Waals surface area (Å²) in [5.41, 5.74) is 1.56. The molecule has 1 atom stereocenters. The van der Waals surface area contributed by atoms with Crippen LogP contribution in [0.15, 0.2) is 78.6 Å². The molecule has 1 aliphatic rings. The van der Waals surface area contributed by atoms with Gasteiger partial charge in [-0.2, -0.15) is 0 Å². The van der Waals surface area contributed by atoms with Gasteiger partial charge in [0, 0.05) is 25.3 Å². The summed E-state index contributed by atoms with van der Waals surface area (Å²) in [5, 5.41) is -0.0671. The normalized spacial score (nSPS) is 15.7. The Kier molecular flexibility index (Phi) is 7.77. The van der Waals surface area contributed by atoms with Gasteiger partial charge in [-0.1, -0.05) is 36.4 Å². The van der Waals surface area contributed by atoms with Crippen molar-refractivity contribution in [2.45, 2.75) is 42.9 Å². The minimum Gasteiger partial charge on any atom is -0.376 e. The third kappa shape index (κ3) is 6.04. The second-order valence-corrected chi connectivity index (χ2v) is 10.4. The van der Waals surface area contributed by atoms with E-state index in [1.54, 1.807) is 39.8 Å². The molecule has 2 aromatic carbocycles. The highest BCUT2D eigenvalue weighted by Gasteiger charge is 2.28. The number of benzene rings is 2. The maximum atomic E-state index is 13.4. The average molecular weight is 498 g/mol. The lowest BCUT2D eigenvalue weighted by molar-refractivity contribution is 0.0501. The maximum Gasteiger partial charge on any atom is 0.254 e. The average Bonchev–Trinajstić information content (AvgIpc) is 3.50. The minimum atomic E-state index is -3.75. The van der Waals surface area contributed by atoms with Crippen molar-refractivity contribution in [3.63, 3.8) is 0 Å². The maximum absolute atomic E-state index is 13.4. The summed E-state index contributed by atoms with van der Waals surface area (Å²) in [4.78, 5) is 19.2. The predicted octanol–water partition coefficient (Wildman–Crippen LogP) is 4.00. The highest BCUT2D eigenvalue weighted by atomic mass is 32.2. The van der Waals surface area contributed by atoms with Crippen molar-refractivity contribution < 1.29 is 22.3 Å². The van der Waals surface area contributed by atoms with Gasteiger partial charge in [-0.25, -0.2) is 17.8 Å². The minimum absolute atomic E-state index is 0.0671. The molecule has 1 fully saturated rings. The molecule has 0 unspecified atom stereocenters. The number of nitrogens with zero attached hydrogens (tertiary/aromatic N) is 3. The van der Waals surface area contributed by atoms with Gasteiger partial charge in [-0.15, -0.1) is 6.58 Å². The van der Waals surface area contributed by atoms with Gasteiger partial charge in [-0.3, -0.25) is 4.79 Å². The Labute approximate surface area is 204 Å². The molecule has 0 saturated carbocycles. The molecule has 9 heteroatoms. The molecule has 35 heavy (non-hydrogen) atoms. The van der Waals surface area contributed by atoms with Crippen molar-refractivity contribution in [1.82, 2.24) is 14.5 Å². The van der Waals surface area contributed by atoms with Crippen LogP contribution in [-0.4, -0.2) is 48.0 Å². The lowest BCUT2D eigenvalue weighted by atomic mass is 10.1. The van der Waals surface area contributed by atoms with Gasteiger partial charge in [0.05, 0.1) is 30.3 Å². The van der Waals surface area contributed by atoms with Gasteiger partial charge in [0.25, 0.3) is 5.91 Å². The standard InChI is InChI=1S/C26H28FN3O4S/c1-2-14-30-23(16-28-26(30)35(32,33)19-20-7-4-3-5-8-20)17-29(18-24-9-6-15-34-24)25(31)21-10-12-22(27)13-11-21/h2-5,7-8,10-13,16,24H,1,6,9,14-15,17-19H2/t24-/m0/s1. The van der Waals surface area contributed by atoms with Crippen molar-refractivity contribution in [2.75, 3.05) is 13.2 Å². The first kappa shape index (κ1) is 24.8. The SMILES string of the molecule is C=CCn1c(CN(C[C@@H]2CCCO2)C(=O)c2ccc(F)cc2)cnc1S(=O)(=O)Cc1ccccc1. The van der Waals surface area contributed by atoms with Crippen molar-refractivity contribution in [1.29, 1.82) is 0 Å². The number of halogens is 1. The molecule has 3 aromatic rings. The number of amides is 1. The van der Waals surface area contributed by atoms with Crippen LogP contribution in [0.5, 0.6) is 0 Å². The molecule has 1 aliphatic heterocycles. The summed E-state index contributed by atoms with van der Waals surface area (Å²) in [6.45, 7) is 5.07. The lowest BCUT2D eigenvalue weighted by Crippen LogP contribution is -2.37. The Bertz CT molecular complexity index is 1270. The van der Waals surface area contributed by atoms with E-state index in [1.807, 2.05) is 6.07 Å². The van der Waals surface area contributed by atoms with E-state index in [-0.39, 0.29) is 36.0 Å². The molecule has 1 saturated heterocycles. The summed E-state index contributed by atoms with van der Waals surface area (Å²) in [6.07, 6.45) is 4.72. The fourth-order valence-corrected chi connectivity index (χ4v) is 5.67. The van der Waals surface area contributed by atoms with Gasteiger partial charge >= 0.3 is 0 Å². The third-order valence-electron chi connectivity index (χ3n) is 5.87. The Morgan fingerprint density at radius 2 is 1.94 bits per heavy atom. The van der Waals surface area contributed by atoms with Crippen LogP contribution in [-0.2, 0) is 33.4 Å². The van der Waals surface area contributed by atoms with Crippen LogP contribution in [0, 0.1) is 5.82 Å². The number of carbonyl (C=O) groups is 1. The molecule has 0 spiro atoms. The number of carbonyl (C=O) groups excluding carboxylic acids is 1. The molecule has 2 heterocycles. The molecule has 0 bridgehead atoms. The monoisotopic (exact) mass is 497 g/mol. The Hall–Kier alpha value is -3.30. The van der Waals surface area contributed by atoms with Gasteiger partial charge in [0.2, 0.25) is 15.0 Å². The fraction of sp³-hybridized carbons (Fsp3) is 0.308. The number of rotatable bonds is 10. The topological polar surface area (TPSA) is 81.5 Å². The van der Waals surface area contributed by atoms with Crippen LogP contribution in [0.2, 0.25) is 0 Å². The molecule has 0 aliphatic carbocycles. The number of hydrogen-bond donors (Lipinski definition) is 0. The van der Waals surface area contributed by atoms with E-state index in [4.69, 9.17) is 4.74 Å². The smallest absolute Gasteiger partial charge is 0.254 e. The second kappa shape index (κ2) is 11.0. The zero-order valence-corrected chi connectivity index (χ0v) is 20.2. The fourth-order valence-electron chi connectivity index (χ4n) is 4.17. The summed E-state index contributed by atoms with van der Waals surface area (Å²) in [5.74, 6) is -0.902. The number of imidazole rings is 1. The van der Waals surface area contributed by atoms with Crippen LogP contribution in [0.1, 0.15) is 34.5 Å². The second-order valence-electron chi connectivity index (χ2n) is 8.50. The molecule has 184 valence electrons. The van der Waals surface area contributed by atoms with E-state index in [2.05, 4.69) is 11.6 Å². The van der Waals surface area contributed by atoms with Crippen LogP contribution in [0.4, 0.5) is 4.39 Å². The molecule has 0 N–H and O–H groups in total. The zero-order valence-electron chi connectivity index (χ0n) is 19.3. The van der Waals surface area contributed by atoms with Crippen LogP contribution in [0.25, 0.3) is 0 Å². The van der Waals surface area contributed by atoms with Gasteiger partial charge < -0.3 is 14.2 Å². The molecular formula is C26H28FN3O4S. The number of hydrogen-bond acceptors (Lipinski definition) is 5. The summed E-state index contributed by atoms with van der Waals surface area (Å²) < 4.78 is 47.1. The van der Waals surface area contributed by atoms with Crippen molar-refractivity contribution in [2.24, 2.45) is 0 Å². The highest BCUT2D eigenvalue weighted by Crippen LogP contribution is 2.21. The first-order valence-electron chi connectivity index (χ1n) is 11.5. The molecule has 7 nitrogen and oxygen atoms in total. The van der Waals surface area contributed by atoms with Crippen LogP contribution >= 0.6 is 0 Å². The Morgan fingerprint density at radius 3 is 2.60 bits per heavy atom. The first-order chi connectivity index (χ1) is 16.9. The number of allylic oxidation sites excluding steroid dienone is 1. The number of ether oxygens (including phenoxy) is 1. The number of aromatic nitrogens is 2. The molecule has 4 rings (SSSR count). The van der Waals surface area contributed by atoms with Gasteiger partial charge in [0.15, 0.2) is 0 Å². The van der Waals surface area contributed by atoms with Crippen molar-refractivity contribution >= 4 is 15.7 Å². The summed E-state index contributed by atoms with van der Waals surface area (Å²) >= 11 is 0. The van der Waals surface area contributed by atoms with E-state index < -0.39 is 15.7 Å². The Morgan fingerprint density at radius 1 is 1.20 bits per heavy atom. The van der Waals surface area contributed by atoms with Gasteiger partial charge in [-0.05, 0) is 42.7 Å². The van der Waals surface area contributed by atoms with Gasteiger partial charge in [0.1, 0.15) is 5.82 Å². The van der Waals surface area contributed by atoms with E-state index in [9.17, 15) is 17.6 Å². The molecule has 1 aromatic heterocycles. The summed E-state index contributed by atoms with van der Waals surface area (Å²) in [7, 11) is -3.75. The molecule has 1 amide bonds. The van der Waals surface area contributed by atoms with E-state index in [0.717, 1.165) is 12.8 Å². The quantitative estimate of drug-likeness (QED) is 0.396. The molecule has 0 radical (unpaired) electrons. The number of sulfone groups is 1. The van der Waals surface area contributed by atoms with Crippen molar-refractivity contribution in [3.05, 3.63) is 96.1 Å². The van der Waals surface area contributed by atoms with E-state index in [0.29, 0.717) is 30.0 Å². The first-order valence-corrected chi connectivity index (χ1v) is 13.1. The van der Waals surface area contributed by atoms with Crippen molar-refractivity contribution in [3.8, 4) is 0 Å². The summed E-state index contributed by atoms with van der Waals surface area (Å²) in [6, 6.07) is 14.3. The highest BCUT2D eigenvalue weighted by molar-refractivity contribution is 7.90. The lowest BCUT2D eigenvalue weighted by Gasteiger charge is -2.26. The van der Waals surface area contributed by atoms with Crippen LogP contribution < -0.4 is 0 Å². The van der Waals surface area contributed by atoms with E-state index in [1.165, 1.54) is 30.5 Å². The predicted molar refractivity (Wildman–Crippen MR) is 130 cm³/mol. The largest absolute Gasteiger partial charge is 0.376 e. The van der Waals surface area contributed by atoms with Crippen LogP contribution in [0.3, 0.4) is 0 Å². The zero-order chi connectivity index (χ0) is 24.8.